The van der Waals surface area contributed by atoms with Gasteiger partial charge in [0.25, 0.3) is 11.8 Å². The number of hydrogen-bond donors (Lipinski definition) is 1. The quantitative estimate of drug-likeness (QED) is 0.802. The molecule has 0 unspecified atom stereocenters. The first-order chi connectivity index (χ1) is 13.4. The van der Waals surface area contributed by atoms with E-state index in [-0.39, 0.29) is 12.5 Å². The number of nitrogens with zero attached hydrogens (tertiary/aromatic N) is 4. The molecule has 2 aliphatic heterocycles. The van der Waals surface area contributed by atoms with Crippen LogP contribution in [0.25, 0.3) is 0 Å². The Labute approximate surface area is 165 Å². The van der Waals surface area contributed by atoms with Gasteiger partial charge in [0.15, 0.2) is 12.1 Å². The maximum atomic E-state index is 12.8. The number of anilines is 2. The number of aryl methyl sites for hydroxylation is 1. The summed E-state index contributed by atoms with van der Waals surface area (Å²) in [7, 11) is 0. The van der Waals surface area contributed by atoms with Crippen LogP contribution in [0.15, 0.2) is 58.9 Å². The molecule has 9 heteroatoms. The molecule has 0 aromatic heterocycles. The van der Waals surface area contributed by atoms with Crippen molar-refractivity contribution in [2.24, 2.45) is 10.3 Å². The number of rotatable bonds is 4. The molecule has 28 heavy (non-hydrogen) atoms. The van der Waals surface area contributed by atoms with E-state index in [1.807, 2.05) is 19.1 Å². The van der Waals surface area contributed by atoms with Gasteiger partial charge in [-0.15, -0.1) is 0 Å². The van der Waals surface area contributed by atoms with Crippen LogP contribution in [0.2, 0.25) is 5.02 Å². The van der Waals surface area contributed by atoms with E-state index in [2.05, 4.69) is 15.7 Å². The van der Waals surface area contributed by atoms with Crippen LogP contribution >= 0.6 is 11.6 Å². The minimum atomic E-state index is -0.949. The van der Waals surface area contributed by atoms with Gasteiger partial charge in [0.1, 0.15) is 6.54 Å². The zero-order chi connectivity index (χ0) is 19.8. The molecule has 0 aliphatic carbocycles. The first kappa shape index (κ1) is 18.1. The van der Waals surface area contributed by atoms with Gasteiger partial charge >= 0.3 is 0 Å². The number of hydrogen-bond acceptors (Lipinski definition) is 6. The second-order valence-electron chi connectivity index (χ2n) is 6.59. The van der Waals surface area contributed by atoms with Gasteiger partial charge < -0.3 is 5.32 Å². The molecule has 0 bridgehead atoms. The standard InChI is InChI=1S/C19H16ClN5O3/c1-11-2-6-13(7-3-11)21-15(26)10-24-17-16(22-23-24)18(27)25(19(17)28)14-8-4-12(20)5-9-14/h2-9,16-17H,10H2,1H3,(H,21,26)/t16-,17-/m1/s1. The van der Waals surface area contributed by atoms with Crippen molar-refractivity contribution in [3.05, 3.63) is 59.1 Å². The van der Waals surface area contributed by atoms with Gasteiger partial charge in [-0.1, -0.05) is 34.5 Å². The molecule has 2 aromatic carbocycles. The van der Waals surface area contributed by atoms with E-state index in [0.29, 0.717) is 16.4 Å². The largest absolute Gasteiger partial charge is 0.324 e. The fourth-order valence-electron chi connectivity index (χ4n) is 3.18. The van der Waals surface area contributed by atoms with Gasteiger partial charge in [-0.25, -0.2) is 4.90 Å². The number of nitrogens with one attached hydrogen (secondary N) is 1. The Morgan fingerprint density at radius 2 is 1.75 bits per heavy atom. The van der Waals surface area contributed by atoms with Crippen molar-refractivity contribution < 1.29 is 14.4 Å². The van der Waals surface area contributed by atoms with Gasteiger partial charge in [-0.2, -0.15) is 5.11 Å². The van der Waals surface area contributed by atoms with E-state index in [1.54, 1.807) is 36.4 Å². The second kappa shape index (κ2) is 7.05. The molecule has 1 fully saturated rings. The molecule has 4 rings (SSSR count). The molecule has 0 radical (unpaired) electrons. The van der Waals surface area contributed by atoms with E-state index in [9.17, 15) is 14.4 Å². The summed E-state index contributed by atoms with van der Waals surface area (Å²) in [5, 5.41) is 12.3. The van der Waals surface area contributed by atoms with Crippen LogP contribution in [0.1, 0.15) is 5.56 Å². The van der Waals surface area contributed by atoms with Crippen molar-refractivity contribution in [2.75, 3.05) is 16.8 Å². The van der Waals surface area contributed by atoms with Gasteiger partial charge in [-0.3, -0.25) is 19.4 Å². The Morgan fingerprint density at radius 3 is 2.43 bits per heavy atom. The molecular formula is C19H16ClN5O3. The molecule has 3 amide bonds. The summed E-state index contributed by atoms with van der Waals surface area (Å²) in [4.78, 5) is 38.9. The summed E-state index contributed by atoms with van der Waals surface area (Å²) in [5.41, 5.74) is 2.12. The summed E-state index contributed by atoms with van der Waals surface area (Å²) < 4.78 is 0. The van der Waals surface area contributed by atoms with E-state index in [4.69, 9.17) is 11.6 Å². The average Bonchev–Trinajstić information content (AvgIpc) is 3.18. The van der Waals surface area contributed by atoms with Gasteiger partial charge in [-0.05, 0) is 43.3 Å². The van der Waals surface area contributed by atoms with Crippen LogP contribution in [-0.4, -0.2) is 41.4 Å². The Bertz CT molecular complexity index is 974. The molecule has 142 valence electrons. The molecule has 8 nitrogen and oxygen atoms in total. The molecule has 0 saturated carbocycles. The number of carbonyl (C=O) groups is 3. The monoisotopic (exact) mass is 397 g/mol. The van der Waals surface area contributed by atoms with Gasteiger partial charge in [0.05, 0.1) is 5.69 Å². The highest BCUT2D eigenvalue weighted by Gasteiger charge is 2.55. The zero-order valence-corrected chi connectivity index (χ0v) is 15.6. The Balaban J connectivity index is 1.48. The van der Waals surface area contributed by atoms with Crippen molar-refractivity contribution >= 4 is 40.7 Å². The number of imide groups is 1. The van der Waals surface area contributed by atoms with Crippen molar-refractivity contribution in [3.8, 4) is 0 Å². The Kier molecular flexibility index (Phi) is 4.56. The summed E-state index contributed by atoms with van der Waals surface area (Å²) >= 11 is 5.87. The van der Waals surface area contributed by atoms with Crippen LogP contribution in [-0.2, 0) is 14.4 Å². The zero-order valence-electron chi connectivity index (χ0n) is 14.9. The molecule has 2 atom stereocenters. The SMILES string of the molecule is Cc1ccc(NC(=O)CN2N=N[C@H]3C(=O)N(c4ccc(Cl)cc4)C(=O)[C@@H]32)cc1. The van der Waals surface area contributed by atoms with Crippen molar-refractivity contribution in [1.29, 1.82) is 0 Å². The fraction of sp³-hybridized carbons (Fsp3) is 0.211. The molecule has 0 spiro atoms. The van der Waals surface area contributed by atoms with Gasteiger partial charge in [0.2, 0.25) is 5.91 Å². The molecule has 1 saturated heterocycles. The van der Waals surface area contributed by atoms with Crippen LogP contribution in [0.4, 0.5) is 11.4 Å². The van der Waals surface area contributed by atoms with E-state index in [0.717, 1.165) is 10.5 Å². The number of halogens is 1. The molecule has 2 heterocycles. The first-order valence-electron chi connectivity index (χ1n) is 8.61. The third-order valence-corrected chi connectivity index (χ3v) is 4.84. The summed E-state index contributed by atoms with van der Waals surface area (Å²) in [5.74, 6) is -1.29. The third kappa shape index (κ3) is 3.22. The smallest absolute Gasteiger partial charge is 0.263 e. The lowest BCUT2D eigenvalue weighted by atomic mass is 10.1. The number of fused-ring (bicyclic) bond motifs is 1. The van der Waals surface area contributed by atoms with Crippen LogP contribution in [0.5, 0.6) is 0 Å². The summed E-state index contributed by atoms with van der Waals surface area (Å²) in [6.07, 6.45) is 0. The number of benzene rings is 2. The minimum Gasteiger partial charge on any atom is -0.324 e. The van der Waals surface area contributed by atoms with E-state index >= 15 is 0 Å². The van der Waals surface area contributed by atoms with Crippen LogP contribution < -0.4 is 10.2 Å². The predicted molar refractivity (Wildman–Crippen MR) is 103 cm³/mol. The van der Waals surface area contributed by atoms with Crippen LogP contribution in [0.3, 0.4) is 0 Å². The lowest BCUT2D eigenvalue weighted by Crippen LogP contribution is -2.43. The highest BCUT2D eigenvalue weighted by molar-refractivity contribution is 6.31. The Hall–Kier alpha value is -3.26. The highest BCUT2D eigenvalue weighted by atomic mass is 35.5. The Morgan fingerprint density at radius 1 is 1.07 bits per heavy atom. The minimum absolute atomic E-state index is 0.188. The van der Waals surface area contributed by atoms with Crippen molar-refractivity contribution in [1.82, 2.24) is 5.01 Å². The van der Waals surface area contributed by atoms with Gasteiger partial charge in [0, 0.05) is 10.7 Å². The van der Waals surface area contributed by atoms with E-state index < -0.39 is 23.9 Å². The molecular weight excluding hydrogens is 382 g/mol. The molecule has 2 aromatic rings. The number of carbonyl (C=O) groups excluding carboxylic acids is 3. The fourth-order valence-corrected chi connectivity index (χ4v) is 3.31. The predicted octanol–water partition coefficient (Wildman–Crippen LogP) is 2.58. The maximum absolute atomic E-state index is 12.8. The molecule has 1 N–H and O–H groups in total. The second-order valence-corrected chi connectivity index (χ2v) is 7.03. The first-order valence-corrected chi connectivity index (χ1v) is 8.99. The van der Waals surface area contributed by atoms with Crippen molar-refractivity contribution in [3.63, 3.8) is 0 Å². The molecule has 2 aliphatic rings. The average molecular weight is 398 g/mol. The topological polar surface area (TPSA) is 94.4 Å². The van der Waals surface area contributed by atoms with E-state index in [1.165, 1.54) is 5.01 Å². The summed E-state index contributed by atoms with van der Waals surface area (Å²) in [6.45, 7) is 1.76. The number of amides is 3. The third-order valence-electron chi connectivity index (χ3n) is 4.58. The lowest BCUT2D eigenvalue weighted by molar-refractivity contribution is -0.123. The van der Waals surface area contributed by atoms with Crippen LogP contribution in [0, 0.1) is 6.92 Å². The van der Waals surface area contributed by atoms with Crippen molar-refractivity contribution in [2.45, 2.75) is 19.0 Å². The highest BCUT2D eigenvalue weighted by Crippen LogP contribution is 2.32. The maximum Gasteiger partial charge on any atom is 0.263 e. The normalized spacial score (nSPS) is 20.6. The summed E-state index contributed by atoms with van der Waals surface area (Å²) in [6, 6.07) is 11.8. The lowest BCUT2D eigenvalue weighted by Gasteiger charge is -2.20.